The summed E-state index contributed by atoms with van der Waals surface area (Å²) in [5.74, 6) is 0.132. The summed E-state index contributed by atoms with van der Waals surface area (Å²) in [6.07, 6.45) is 7.42. The van der Waals surface area contributed by atoms with Gasteiger partial charge in [-0.05, 0) is 44.1 Å². The molecule has 1 amide bonds. The van der Waals surface area contributed by atoms with Gasteiger partial charge < -0.3 is 9.88 Å². The summed E-state index contributed by atoms with van der Waals surface area (Å²) in [4.78, 5) is 12.3. The first kappa shape index (κ1) is 16.5. The number of hydrogen-bond acceptors (Lipinski definition) is 3. The lowest BCUT2D eigenvalue weighted by atomic mass is 9.59. The topological polar surface area (TPSA) is 71.4 Å². The number of sulfonamides is 1. The van der Waals surface area contributed by atoms with Crippen LogP contribution in [0.1, 0.15) is 43.0 Å². The molecule has 0 radical (unpaired) electrons. The Hall–Kier alpha value is -1.34. The normalized spacial score (nSPS) is 24.3. The van der Waals surface area contributed by atoms with Crippen LogP contribution in [0, 0.1) is 5.41 Å². The lowest BCUT2D eigenvalue weighted by Crippen LogP contribution is -2.59. The molecular weight excluding hydrogens is 314 g/mol. The van der Waals surface area contributed by atoms with Gasteiger partial charge in [0.2, 0.25) is 10.0 Å². The number of amides is 1. The number of piperidine rings is 1. The second-order valence-electron chi connectivity index (χ2n) is 6.79. The molecule has 2 heterocycles. The van der Waals surface area contributed by atoms with E-state index in [0.29, 0.717) is 18.7 Å². The minimum absolute atomic E-state index is 0.0294. The number of nitrogens with one attached hydrogen (secondary N) is 1. The van der Waals surface area contributed by atoms with Gasteiger partial charge in [-0.3, -0.25) is 4.79 Å². The number of aryl methyl sites for hydroxylation is 1. The van der Waals surface area contributed by atoms with E-state index in [4.69, 9.17) is 0 Å². The smallest absolute Gasteiger partial charge is 0.253 e. The zero-order valence-corrected chi connectivity index (χ0v) is 14.6. The highest BCUT2D eigenvalue weighted by Gasteiger charge is 2.49. The molecule has 7 heteroatoms. The number of aromatic nitrogens is 1. The molecule has 23 heavy (non-hydrogen) atoms. The third kappa shape index (κ3) is 3.04. The minimum atomic E-state index is -3.09. The molecule has 128 valence electrons. The Bertz CT molecular complexity index is 687. The van der Waals surface area contributed by atoms with E-state index in [-0.39, 0.29) is 23.1 Å². The van der Waals surface area contributed by atoms with Crippen LogP contribution in [0.15, 0.2) is 18.5 Å². The summed E-state index contributed by atoms with van der Waals surface area (Å²) in [5, 5.41) is 3.15. The zero-order valence-electron chi connectivity index (χ0n) is 13.8. The second-order valence-corrected chi connectivity index (χ2v) is 9.05. The van der Waals surface area contributed by atoms with E-state index in [1.165, 1.54) is 0 Å². The monoisotopic (exact) mass is 339 g/mol. The molecule has 2 aliphatic rings. The average molecular weight is 339 g/mol. The van der Waals surface area contributed by atoms with Crippen molar-refractivity contribution in [1.29, 1.82) is 0 Å². The van der Waals surface area contributed by atoms with E-state index in [1.54, 1.807) is 11.2 Å². The fourth-order valence-electron chi connectivity index (χ4n) is 3.79. The Morgan fingerprint density at radius 1 is 1.35 bits per heavy atom. The third-order valence-electron chi connectivity index (χ3n) is 5.55. The van der Waals surface area contributed by atoms with Crippen LogP contribution in [0.2, 0.25) is 0 Å². The van der Waals surface area contributed by atoms with Gasteiger partial charge in [0.05, 0.1) is 11.3 Å². The maximum absolute atomic E-state index is 12.3. The van der Waals surface area contributed by atoms with Crippen molar-refractivity contribution in [2.45, 2.75) is 38.6 Å². The summed E-state index contributed by atoms with van der Waals surface area (Å²) < 4.78 is 27.4. The molecule has 1 spiro atoms. The van der Waals surface area contributed by atoms with E-state index in [0.717, 1.165) is 25.7 Å². The number of hydrogen-bond donors (Lipinski definition) is 1. The summed E-state index contributed by atoms with van der Waals surface area (Å²) >= 11 is 0. The molecule has 1 saturated heterocycles. The summed E-state index contributed by atoms with van der Waals surface area (Å²) in [6.45, 7) is 2.84. The van der Waals surface area contributed by atoms with Gasteiger partial charge in [0.1, 0.15) is 0 Å². The zero-order chi connectivity index (χ0) is 16.7. The molecule has 1 aliphatic heterocycles. The van der Waals surface area contributed by atoms with E-state index in [9.17, 15) is 13.2 Å². The predicted octanol–water partition coefficient (Wildman–Crippen LogP) is 1.35. The molecule has 1 aromatic rings. The van der Waals surface area contributed by atoms with Gasteiger partial charge >= 0.3 is 0 Å². The van der Waals surface area contributed by atoms with Crippen LogP contribution in [0.25, 0.3) is 0 Å². The van der Waals surface area contributed by atoms with Crippen molar-refractivity contribution >= 4 is 15.9 Å². The fourth-order valence-corrected chi connectivity index (χ4v) is 4.90. The lowest BCUT2D eigenvalue weighted by molar-refractivity contribution is 0.0126. The van der Waals surface area contributed by atoms with Gasteiger partial charge in [-0.25, -0.2) is 12.7 Å². The van der Waals surface area contributed by atoms with Gasteiger partial charge in [0.25, 0.3) is 5.91 Å². The van der Waals surface area contributed by atoms with Crippen LogP contribution in [0.5, 0.6) is 0 Å². The van der Waals surface area contributed by atoms with Crippen molar-refractivity contribution in [3.05, 3.63) is 24.0 Å². The maximum atomic E-state index is 12.3. The van der Waals surface area contributed by atoms with Crippen molar-refractivity contribution in [2.75, 3.05) is 18.8 Å². The van der Waals surface area contributed by atoms with Gasteiger partial charge in [-0.15, -0.1) is 0 Å². The van der Waals surface area contributed by atoms with Crippen LogP contribution in [0.4, 0.5) is 0 Å². The highest BCUT2D eigenvalue weighted by molar-refractivity contribution is 7.89. The van der Waals surface area contributed by atoms with Gasteiger partial charge in [0.15, 0.2) is 0 Å². The minimum Gasteiger partial charge on any atom is -0.356 e. The van der Waals surface area contributed by atoms with Crippen LogP contribution < -0.4 is 5.32 Å². The summed E-state index contributed by atoms with van der Waals surface area (Å²) in [5.41, 5.74) is 0.769. The van der Waals surface area contributed by atoms with Gasteiger partial charge in [0, 0.05) is 38.6 Å². The van der Waals surface area contributed by atoms with Crippen LogP contribution >= 0.6 is 0 Å². The Morgan fingerprint density at radius 2 is 2.04 bits per heavy atom. The first-order valence-corrected chi connectivity index (χ1v) is 9.88. The maximum Gasteiger partial charge on any atom is 0.253 e. The summed E-state index contributed by atoms with van der Waals surface area (Å²) in [7, 11) is -1.20. The van der Waals surface area contributed by atoms with Crippen LogP contribution in [-0.4, -0.2) is 48.1 Å². The van der Waals surface area contributed by atoms with E-state index in [2.05, 4.69) is 5.32 Å². The molecule has 1 aromatic heterocycles. The fraction of sp³-hybridized carbons (Fsp3) is 0.688. The molecule has 1 saturated carbocycles. The first-order chi connectivity index (χ1) is 10.9. The lowest BCUT2D eigenvalue weighted by Gasteiger charge is -2.53. The SMILES string of the molecule is CCS(=O)(=O)N1CCC2(CC[C@@H]2NC(=O)c2ccn(C)c2)CC1. The van der Waals surface area contributed by atoms with E-state index < -0.39 is 10.0 Å². The molecule has 1 N–H and O–H groups in total. The average Bonchev–Trinajstić information content (AvgIpc) is 2.98. The highest BCUT2D eigenvalue weighted by Crippen LogP contribution is 2.49. The molecule has 6 nitrogen and oxygen atoms in total. The number of carbonyl (C=O) groups excluding carboxylic acids is 1. The molecule has 0 bridgehead atoms. The van der Waals surface area contributed by atoms with Crippen molar-refractivity contribution in [1.82, 2.24) is 14.2 Å². The molecule has 0 aromatic carbocycles. The molecule has 1 atom stereocenters. The van der Waals surface area contributed by atoms with Gasteiger partial charge in [-0.2, -0.15) is 0 Å². The Morgan fingerprint density at radius 3 is 2.52 bits per heavy atom. The van der Waals surface area contributed by atoms with Crippen molar-refractivity contribution in [3.8, 4) is 0 Å². The quantitative estimate of drug-likeness (QED) is 0.900. The molecule has 0 unspecified atom stereocenters. The largest absolute Gasteiger partial charge is 0.356 e. The van der Waals surface area contributed by atoms with E-state index in [1.807, 2.05) is 30.1 Å². The third-order valence-corrected chi connectivity index (χ3v) is 7.43. The molecule has 1 aliphatic carbocycles. The Labute approximate surface area is 137 Å². The van der Waals surface area contributed by atoms with Crippen molar-refractivity contribution < 1.29 is 13.2 Å². The molecular formula is C16H25N3O3S. The first-order valence-electron chi connectivity index (χ1n) is 8.27. The molecule has 3 rings (SSSR count). The number of rotatable bonds is 4. The predicted molar refractivity (Wildman–Crippen MR) is 88.6 cm³/mol. The number of nitrogens with zero attached hydrogens (tertiary/aromatic N) is 2. The van der Waals surface area contributed by atoms with Crippen molar-refractivity contribution in [3.63, 3.8) is 0 Å². The second kappa shape index (κ2) is 5.94. The molecule has 2 fully saturated rings. The van der Waals surface area contributed by atoms with Gasteiger partial charge in [-0.1, -0.05) is 0 Å². The van der Waals surface area contributed by atoms with E-state index >= 15 is 0 Å². The Balaban J connectivity index is 1.61. The highest BCUT2D eigenvalue weighted by atomic mass is 32.2. The van der Waals surface area contributed by atoms with Crippen LogP contribution in [0.3, 0.4) is 0 Å². The number of carbonyl (C=O) groups is 1. The Kier molecular flexibility index (Phi) is 4.27. The van der Waals surface area contributed by atoms with Crippen LogP contribution in [-0.2, 0) is 17.1 Å². The standard InChI is InChI=1S/C16H25N3O3S/c1-3-23(21,22)19-10-7-16(8-11-19)6-4-14(16)17-15(20)13-5-9-18(2)12-13/h5,9,12,14H,3-4,6-8,10-11H2,1-2H3,(H,17,20)/t14-/m0/s1. The summed E-state index contributed by atoms with van der Waals surface area (Å²) in [6, 6.07) is 1.98. The van der Waals surface area contributed by atoms with Crippen molar-refractivity contribution in [2.24, 2.45) is 12.5 Å².